The molecule has 0 amide bonds. The molecule has 0 unspecified atom stereocenters. The lowest BCUT2D eigenvalue weighted by molar-refractivity contribution is 0.0874. The van der Waals surface area contributed by atoms with Crippen LogP contribution in [0.3, 0.4) is 0 Å². The molecule has 2 N–H and O–H groups in total. The minimum Gasteiger partial charge on any atom is -0.392 e. The first-order valence-corrected chi connectivity index (χ1v) is 5.97. The first kappa shape index (κ1) is 14.2. The number of aliphatic hydroxyl groups is 2. The average Bonchev–Trinajstić information content (AvgIpc) is 2.24. The van der Waals surface area contributed by atoms with Gasteiger partial charge in [-0.2, -0.15) is 0 Å². The lowest BCUT2D eigenvalue weighted by atomic mass is 10.1. The maximum absolute atomic E-state index is 9.82. The Kier molecular flexibility index (Phi) is 4.74. The van der Waals surface area contributed by atoms with Crippen LogP contribution in [-0.4, -0.2) is 33.9 Å². The molecule has 0 spiro atoms. The molecule has 5 heteroatoms. The SMILES string of the molecule is CCN(CC(C)(C)O)c1ncc(CO)cc1Cl. The molecule has 0 atom stereocenters. The molecule has 0 bridgehead atoms. The van der Waals surface area contributed by atoms with Gasteiger partial charge >= 0.3 is 0 Å². The van der Waals surface area contributed by atoms with Gasteiger partial charge in [-0.25, -0.2) is 4.98 Å². The molecule has 0 aliphatic carbocycles. The van der Waals surface area contributed by atoms with Gasteiger partial charge in [-0.1, -0.05) is 11.6 Å². The number of pyridine rings is 1. The van der Waals surface area contributed by atoms with Gasteiger partial charge in [0.15, 0.2) is 0 Å². The number of nitrogens with zero attached hydrogens (tertiary/aromatic N) is 2. The van der Waals surface area contributed by atoms with E-state index in [4.69, 9.17) is 16.7 Å². The zero-order valence-corrected chi connectivity index (χ0v) is 11.2. The maximum atomic E-state index is 9.82. The van der Waals surface area contributed by atoms with Crippen molar-refractivity contribution in [3.8, 4) is 0 Å². The van der Waals surface area contributed by atoms with Gasteiger partial charge in [-0.3, -0.25) is 0 Å². The summed E-state index contributed by atoms with van der Waals surface area (Å²) in [7, 11) is 0. The number of anilines is 1. The van der Waals surface area contributed by atoms with Crippen LogP contribution < -0.4 is 4.90 Å². The molecular formula is C12H19ClN2O2. The van der Waals surface area contributed by atoms with E-state index in [1.807, 2.05) is 11.8 Å². The van der Waals surface area contributed by atoms with Crippen molar-refractivity contribution in [3.05, 3.63) is 22.8 Å². The summed E-state index contributed by atoms with van der Waals surface area (Å²) in [5.41, 5.74) is -0.130. The van der Waals surface area contributed by atoms with Crippen molar-refractivity contribution in [2.75, 3.05) is 18.0 Å². The van der Waals surface area contributed by atoms with Crippen molar-refractivity contribution in [2.24, 2.45) is 0 Å². The third-order valence-electron chi connectivity index (χ3n) is 2.32. The van der Waals surface area contributed by atoms with Crippen LogP contribution in [0, 0.1) is 0 Å². The topological polar surface area (TPSA) is 56.6 Å². The Morgan fingerprint density at radius 2 is 2.12 bits per heavy atom. The van der Waals surface area contributed by atoms with Crippen molar-refractivity contribution < 1.29 is 10.2 Å². The first-order valence-electron chi connectivity index (χ1n) is 5.60. The highest BCUT2D eigenvalue weighted by Gasteiger charge is 2.20. The van der Waals surface area contributed by atoms with Crippen LogP contribution in [0.4, 0.5) is 5.82 Å². The molecule has 17 heavy (non-hydrogen) atoms. The Hall–Kier alpha value is -0.840. The molecule has 0 radical (unpaired) electrons. The lowest BCUT2D eigenvalue weighted by Crippen LogP contribution is -2.39. The van der Waals surface area contributed by atoms with Gasteiger partial charge in [0.1, 0.15) is 5.82 Å². The zero-order chi connectivity index (χ0) is 13.1. The molecule has 0 saturated heterocycles. The summed E-state index contributed by atoms with van der Waals surface area (Å²) in [6, 6.07) is 1.69. The Bertz CT molecular complexity index is 377. The molecule has 1 rings (SSSR count). The average molecular weight is 259 g/mol. The number of hydrogen-bond acceptors (Lipinski definition) is 4. The summed E-state index contributed by atoms with van der Waals surface area (Å²) < 4.78 is 0. The van der Waals surface area contributed by atoms with Crippen LogP contribution in [0.25, 0.3) is 0 Å². The summed E-state index contributed by atoms with van der Waals surface area (Å²) in [5, 5.41) is 19.3. The standard InChI is InChI=1S/C12H19ClN2O2/c1-4-15(8-12(2,3)17)11-10(13)5-9(7-16)6-14-11/h5-6,16-17H,4,7-8H2,1-3H3. The Labute approximate surface area is 107 Å². The molecule has 4 nitrogen and oxygen atoms in total. The highest BCUT2D eigenvalue weighted by molar-refractivity contribution is 6.33. The predicted octanol–water partition coefficient (Wildman–Crippen LogP) is 1.82. The molecule has 96 valence electrons. The molecule has 1 aromatic heterocycles. The number of aliphatic hydroxyl groups excluding tert-OH is 1. The molecular weight excluding hydrogens is 240 g/mol. The Balaban J connectivity index is 2.96. The fraction of sp³-hybridized carbons (Fsp3) is 0.583. The summed E-state index contributed by atoms with van der Waals surface area (Å²) in [6.45, 7) is 6.54. The van der Waals surface area contributed by atoms with E-state index in [1.165, 1.54) is 0 Å². The minimum absolute atomic E-state index is 0.0788. The third-order valence-corrected chi connectivity index (χ3v) is 2.60. The monoisotopic (exact) mass is 258 g/mol. The van der Waals surface area contributed by atoms with Crippen LogP contribution in [0.15, 0.2) is 12.3 Å². The third kappa shape index (κ3) is 4.15. The second kappa shape index (κ2) is 5.67. The number of halogens is 1. The van der Waals surface area contributed by atoms with Gasteiger partial charge in [0.05, 0.1) is 17.2 Å². The van der Waals surface area contributed by atoms with Crippen LogP contribution in [0.2, 0.25) is 5.02 Å². The first-order chi connectivity index (χ1) is 7.87. The second-order valence-electron chi connectivity index (χ2n) is 4.63. The summed E-state index contributed by atoms with van der Waals surface area (Å²) >= 11 is 6.11. The van der Waals surface area contributed by atoms with E-state index in [9.17, 15) is 5.11 Å². The van der Waals surface area contributed by atoms with Crippen molar-refractivity contribution in [3.63, 3.8) is 0 Å². The van der Waals surface area contributed by atoms with Gasteiger partial charge in [0.2, 0.25) is 0 Å². The highest BCUT2D eigenvalue weighted by Crippen LogP contribution is 2.25. The fourth-order valence-electron chi connectivity index (χ4n) is 1.59. The van der Waals surface area contributed by atoms with Crippen molar-refractivity contribution in [1.29, 1.82) is 0 Å². The van der Waals surface area contributed by atoms with Gasteiger partial charge in [0, 0.05) is 19.3 Å². The van der Waals surface area contributed by atoms with E-state index in [1.54, 1.807) is 26.1 Å². The largest absolute Gasteiger partial charge is 0.392 e. The summed E-state index contributed by atoms with van der Waals surface area (Å²) in [6.07, 6.45) is 1.59. The van der Waals surface area contributed by atoms with Gasteiger partial charge in [-0.05, 0) is 32.4 Å². The molecule has 0 saturated carbocycles. The second-order valence-corrected chi connectivity index (χ2v) is 5.04. The van der Waals surface area contributed by atoms with E-state index in [0.717, 1.165) is 0 Å². The number of likely N-dealkylation sites (N-methyl/N-ethyl adjacent to an activating group) is 1. The summed E-state index contributed by atoms with van der Waals surface area (Å²) in [4.78, 5) is 6.13. The zero-order valence-electron chi connectivity index (χ0n) is 10.4. The lowest BCUT2D eigenvalue weighted by Gasteiger charge is -2.29. The summed E-state index contributed by atoms with van der Waals surface area (Å²) in [5.74, 6) is 0.633. The van der Waals surface area contributed by atoms with Crippen molar-refractivity contribution in [1.82, 2.24) is 4.98 Å². The number of hydrogen-bond donors (Lipinski definition) is 2. The molecule has 0 aromatic carbocycles. The number of rotatable bonds is 5. The molecule has 0 aliphatic rings. The van der Waals surface area contributed by atoms with Gasteiger partial charge in [0.25, 0.3) is 0 Å². The molecule has 1 aromatic rings. The number of aromatic nitrogens is 1. The van der Waals surface area contributed by atoms with Crippen molar-refractivity contribution in [2.45, 2.75) is 33.0 Å². The maximum Gasteiger partial charge on any atom is 0.147 e. The smallest absolute Gasteiger partial charge is 0.147 e. The minimum atomic E-state index is -0.809. The molecule has 0 fully saturated rings. The molecule has 0 aliphatic heterocycles. The quantitative estimate of drug-likeness (QED) is 0.846. The van der Waals surface area contributed by atoms with E-state index in [0.29, 0.717) is 29.5 Å². The van der Waals surface area contributed by atoms with E-state index in [-0.39, 0.29) is 6.61 Å². The van der Waals surface area contributed by atoms with E-state index in [2.05, 4.69) is 4.98 Å². The van der Waals surface area contributed by atoms with Gasteiger partial charge in [-0.15, -0.1) is 0 Å². The van der Waals surface area contributed by atoms with E-state index >= 15 is 0 Å². The van der Waals surface area contributed by atoms with Crippen LogP contribution in [0.5, 0.6) is 0 Å². The van der Waals surface area contributed by atoms with Crippen LogP contribution in [-0.2, 0) is 6.61 Å². The van der Waals surface area contributed by atoms with E-state index < -0.39 is 5.60 Å². The Morgan fingerprint density at radius 3 is 2.53 bits per heavy atom. The molecule has 1 heterocycles. The van der Waals surface area contributed by atoms with Crippen LogP contribution in [0.1, 0.15) is 26.3 Å². The van der Waals surface area contributed by atoms with Crippen molar-refractivity contribution >= 4 is 17.4 Å². The predicted molar refractivity (Wildman–Crippen MR) is 69.4 cm³/mol. The Morgan fingerprint density at radius 1 is 1.47 bits per heavy atom. The van der Waals surface area contributed by atoms with Gasteiger partial charge < -0.3 is 15.1 Å². The van der Waals surface area contributed by atoms with Crippen LogP contribution >= 0.6 is 11.6 Å². The highest BCUT2D eigenvalue weighted by atomic mass is 35.5. The normalized spacial score (nSPS) is 11.6. The fourth-order valence-corrected chi connectivity index (χ4v) is 1.90.